The average molecular weight is 250 g/mol. The van der Waals surface area contributed by atoms with Crippen LogP contribution >= 0.6 is 0 Å². The molecule has 0 saturated carbocycles. The highest BCUT2D eigenvalue weighted by molar-refractivity contribution is 5.22. The summed E-state index contributed by atoms with van der Waals surface area (Å²) in [5, 5.41) is 3.26. The van der Waals surface area contributed by atoms with E-state index >= 15 is 0 Å². The normalized spacial score (nSPS) is 19.9. The number of rotatable bonds is 4. The Balaban J connectivity index is 2.12. The molecule has 1 aromatic rings. The van der Waals surface area contributed by atoms with Crippen molar-refractivity contribution < 1.29 is 4.39 Å². The van der Waals surface area contributed by atoms with Crippen molar-refractivity contribution in [1.82, 2.24) is 10.2 Å². The second kappa shape index (κ2) is 6.30. The van der Waals surface area contributed by atoms with Gasteiger partial charge in [-0.1, -0.05) is 12.1 Å². The fourth-order valence-electron chi connectivity index (χ4n) is 2.94. The Bertz CT molecular complexity index is 373. The number of nitrogens with one attached hydrogen (secondary N) is 1. The van der Waals surface area contributed by atoms with Gasteiger partial charge in [-0.3, -0.25) is 0 Å². The van der Waals surface area contributed by atoms with Crippen LogP contribution in [0.5, 0.6) is 0 Å². The first-order valence-corrected chi connectivity index (χ1v) is 6.79. The molecule has 100 valence electrons. The highest BCUT2D eigenvalue weighted by Gasteiger charge is 2.26. The van der Waals surface area contributed by atoms with Gasteiger partial charge in [0.2, 0.25) is 0 Å². The van der Waals surface area contributed by atoms with E-state index in [2.05, 4.69) is 23.3 Å². The predicted molar refractivity (Wildman–Crippen MR) is 73.3 cm³/mol. The third kappa shape index (κ3) is 3.30. The molecule has 1 heterocycles. The van der Waals surface area contributed by atoms with Gasteiger partial charge < -0.3 is 10.2 Å². The van der Waals surface area contributed by atoms with Gasteiger partial charge in [-0.25, -0.2) is 4.39 Å². The predicted octanol–water partition coefficient (Wildman–Crippen LogP) is 2.47. The first kappa shape index (κ1) is 13.5. The first-order chi connectivity index (χ1) is 8.70. The molecule has 0 bridgehead atoms. The summed E-state index contributed by atoms with van der Waals surface area (Å²) in [5.74, 6) is 0.969. The highest BCUT2D eigenvalue weighted by atomic mass is 19.1. The number of hydrogen-bond donors (Lipinski definition) is 1. The molecule has 1 atom stereocenters. The lowest BCUT2D eigenvalue weighted by Crippen LogP contribution is -2.35. The van der Waals surface area contributed by atoms with E-state index in [0.717, 1.165) is 25.2 Å². The fraction of sp³-hybridized carbons (Fsp3) is 0.600. The van der Waals surface area contributed by atoms with Crippen LogP contribution < -0.4 is 5.32 Å². The van der Waals surface area contributed by atoms with Gasteiger partial charge >= 0.3 is 0 Å². The fourth-order valence-corrected chi connectivity index (χ4v) is 2.94. The van der Waals surface area contributed by atoms with Crippen molar-refractivity contribution in [3.63, 3.8) is 0 Å². The molecule has 2 nitrogen and oxygen atoms in total. The zero-order valence-electron chi connectivity index (χ0n) is 11.3. The Kier molecular flexibility index (Phi) is 4.72. The minimum absolute atomic E-state index is 0.124. The molecule has 18 heavy (non-hydrogen) atoms. The molecule has 1 aromatic carbocycles. The van der Waals surface area contributed by atoms with Crippen LogP contribution in [0.15, 0.2) is 24.3 Å². The molecular weight excluding hydrogens is 227 g/mol. The number of piperidine rings is 1. The maximum Gasteiger partial charge on any atom is 0.123 e. The van der Waals surface area contributed by atoms with Gasteiger partial charge in [0.15, 0.2) is 0 Å². The van der Waals surface area contributed by atoms with Crippen LogP contribution in [-0.4, -0.2) is 38.6 Å². The monoisotopic (exact) mass is 250 g/mol. The zero-order chi connectivity index (χ0) is 13.0. The Morgan fingerprint density at radius 3 is 2.72 bits per heavy atom. The molecule has 0 aromatic heterocycles. The smallest absolute Gasteiger partial charge is 0.123 e. The molecule has 0 spiro atoms. The van der Waals surface area contributed by atoms with E-state index in [1.807, 2.05) is 13.1 Å². The van der Waals surface area contributed by atoms with E-state index in [0.29, 0.717) is 11.8 Å². The molecule has 1 aliphatic heterocycles. The Morgan fingerprint density at radius 2 is 2.11 bits per heavy atom. The maximum absolute atomic E-state index is 13.4. The summed E-state index contributed by atoms with van der Waals surface area (Å²) < 4.78 is 13.4. The number of likely N-dealkylation sites (N-methyl/N-ethyl adjacent to an activating group) is 1. The topological polar surface area (TPSA) is 15.3 Å². The third-order valence-corrected chi connectivity index (χ3v) is 4.03. The number of benzene rings is 1. The molecular formula is C15H23FN2. The van der Waals surface area contributed by atoms with Crippen LogP contribution in [0.1, 0.15) is 24.3 Å². The summed E-state index contributed by atoms with van der Waals surface area (Å²) in [6.45, 7) is 3.23. The molecule has 3 heteroatoms. The van der Waals surface area contributed by atoms with Crippen LogP contribution in [0.2, 0.25) is 0 Å². The zero-order valence-corrected chi connectivity index (χ0v) is 11.3. The Hall–Kier alpha value is -0.930. The Morgan fingerprint density at radius 1 is 1.39 bits per heavy atom. The largest absolute Gasteiger partial charge is 0.319 e. The van der Waals surface area contributed by atoms with E-state index in [1.165, 1.54) is 18.9 Å². The van der Waals surface area contributed by atoms with Crippen molar-refractivity contribution in [2.24, 2.45) is 5.92 Å². The van der Waals surface area contributed by atoms with Gasteiger partial charge in [-0.2, -0.15) is 0 Å². The second-order valence-corrected chi connectivity index (χ2v) is 5.36. The van der Waals surface area contributed by atoms with Gasteiger partial charge in [0.1, 0.15) is 5.82 Å². The quantitative estimate of drug-likeness (QED) is 0.883. The summed E-state index contributed by atoms with van der Waals surface area (Å²) in [6.07, 6.45) is 2.42. The minimum Gasteiger partial charge on any atom is -0.319 e. The maximum atomic E-state index is 13.4. The highest BCUT2D eigenvalue weighted by Crippen LogP contribution is 2.32. The summed E-state index contributed by atoms with van der Waals surface area (Å²) in [4.78, 5) is 2.37. The summed E-state index contributed by atoms with van der Waals surface area (Å²) >= 11 is 0. The van der Waals surface area contributed by atoms with E-state index in [4.69, 9.17) is 0 Å². The molecule has 1 fully saturated rings. The molecule has 2 rings (SSSR count). The standard InChI is InChI=1S/C15H23FN2/c1-17-11-15(12-6-8-18(2)9-7-12)13-4-3-5-14(16)10-13/h3-5,10,12,15,17H,6-9,11H2,1-2H3. The molecule has 0 aliphatic carbocycles. The van der Waals surface area contributed by atoms with Crippen molar-refractivity contribution in [2.75, 3.05) is 33.7 Å². The molecule has 1 aliphatic rings. The van der Waals surface area contributed by atoms with Crippen molar-refractivity contribution in [2.45, 2.75) is 18.8 Å². The van der Waals surface area contributed by atoms with E-state index in [1.54, 1.807) is 6.07 Å². The number of hydrogen-bond acceptors (Lipinski definition) is 2. The molecule has 1 N–H and O–H groups in total. The summed E-state index contributed by atoms with van der Waals surface area (Å²) in [7, 11) is 4.15. The van der Waals surface area contributed by atoms with Gasteiger partial charge in [0.05, 0.1) is 0 Å². The average Bonchev–Trinajstić information content (AvgIpc) is 2.37. The van der Waals surface area contributed by atoms with Crippen LogP contribution in [0.25, 0.3) is 0 Å². The van der Waals surface area contributed by atoms with E-state index in [-0.39, 0.29) is 5.82 Å². The van der Waals surface area contributed by atoms with E-state index < -0.39 is 0 Å². The number of halogens is 1. The lowest BCUT2D eigenvalue weighted by molar-refractivity contribution is 0.196. The van der Waals surface area contributed by atoms with Crippen molar-refractivity contribution in [3.8, 4) is 0 Å². The SMILES string of the molecule is CNCC(c1cccc(F)c1)C1CCN(C)CC1. The Labute approximate surface area is 109 Å². The molecule has 0 radical (unpaired) electrons. The lowest BCUT2D eigenvalue weighted by Gasteiger charge is -2.34. The van der Waals surface area contributed by atoms with Gasteiger partial charge in [-0.05, 0) is 69.6 Å². The van der Waals surface area contributed by atoms with Gasteiger partial charge in [0.25, 0.3) is 0 Å². The van der Waals surface area contributed by atoms with Crippen LogP contribution in [0, 0.1) is 11.7 Å². The van der Waals surface area contributed by atoms with Gasteiger partial charge in [-0.15, -0.1) is 0 Å². The van der Waals surface area contributed by atoms with Crippen LogP contribution in [0.3, 0.4) is 0 Å². The summed E-state index contributed by atoms with van der Waals surface area (Å²) in [5.41, 5.74) is 1.14. The van der Waals surface area contributed by atoms with Crippen LogP contribution in [-0.2, 0) is 0 Å². The van der Waals surface area contributed by atoms with E-state index in [9.17, 15) is 4.39 Å². The molecule has 0 amide bonds. The van der Waals surface area contributed by atoms with Crippen molar-refractivity contribution in [3.05, 3.63) is 35.6 Å². The summed E-state index contributed by atoms with van der Waals surface area (Å²) in [6, 6.07) is 7.10. The van der Waals surface area contributed by atoms with Crippen molar-refractivity contribution >= 4 is 0 Å². The molecule has 1 saturated heterocycles. The van der Waals surface area contributed by atoms with Gasteiger partial charge in [0, 0.05) is 6.54 Å². The third-order valence-electron chi connectivity index (χ3n) is 4.03. The number of likely N-dealkylation sites (tertiary alicyclic amines) is 1. The lowest BCUT2D eigenvalue weighted by atomic mass is 9.80. The minimum atomic E-state index is -0.124. The number of nitrogens with zero attached hydrogens (tertiary/aromatic N) is 1. The van der Waals surface area contributed by atoms with Crippen LogP contribution in [0.4, 0.5) is 4.39 Å². The molecule has 1 unspecified atom stereocenters. The van der Waals surface area contributed by atoms with Crippen molar-refractivity contribution in [1.29, 1.82) is 0 Å². The first-order valence-electron chi connectivity index (χ1n) is 6.79. The second-order valence-electron chi connectivity index (χ2n) is 5.36.